The van der Waals surface area contributed by atoms with Gasteiger partial charge in [-0.2, -0.15) is 0 Å². The van der Waals surface area contributed by atoms with Crippen LogP contribution in [0.25, 0.3) is 0 Å². The van der Waals surface area contributed by atoms with Crippen molar-refractivity contribution in [1.82, 2.24) is 9.97 Å². The lowest BCUT2D eigenvalue weighted by Gasteiger charge is -2.06. The maximum atomic E-state index is 11.7. The Labute approximate surface area is 89.9 Å². The summed E-state index contributed by atoms with van der Waals surface area (Å²) in [5.74, 6) is 1.44. The van der Waals surface area contributed by atoms with Gasteiger partial charge in [-0.3, -0.25) is 4.79 Å². The zero-order chi connectivity index (χ0) is 10.8. The van der Waals surface area contributed by atoms with E-state index in [1.165, 1.54) is 12.8 Å². The van der Waals surface area contributed by atoms with Crippen molar-refractivity contribution < 1.29 is 0 Å². The lowest BCUT2D eigenvalue weighted by Crippen LogP contribution is -2.17. The van der Waals surface area contributed by atoms with Gasteiger partial charge in [0.05, 0.1) is 5.69 Å². The van der Waals surface area contributed by atoms with Crippen LogP contribution in [0.2, 0.25) is 0 Å². The zero-order valence-corrected chi connectivity index (χ0v) is 9.47. The molecule has 0 bridgehead atoms. The number of nitrogens with zero attached hydrogens (tertiary/aromatic N) is 1. The molecule has 0 saturated heterocycles. The zero-order valence-electron chi connectivity index (χ0n) is 9.47. The van der Waals surface area contributed by atoms with Gasteiger partial charge in [0.2, 0.25) is 0 Å². The lowest BCUT2D eigenvalue weighted by atomic mass is 10.1. The second-order valence-corrected chi connectivity index (χ2v) is 4.40. The van der Waals surface area contributed by atoms with E-state index in [1.54, 1.807) is 0 Å². The van der Waals surface area contributed by atoms with Crippen LogP contribution < -0.4 is 5.56 Å². The molecule has 0 unspecified atom stereocenters. The number of nitrogens with one attached hydrogen (secondary N) is 1. The molecule has 1 aromatic rings. The largest absolute Gasteiger partial charge is 0.310 e. The van der Waals surface area contributed by atoms with Crippen LogP contribution in [-0.2, 0) is 6.42 Å². The van der Waals surface area contributed by atoms with Crippen LogP contribution in [0.5, 0.6) is 0 Å². The molecule has 3 nitrogen and oxygen atoms in total. The predicted octanol–water partition coefficient (Wildman–Crippen LogP) is 2.30. The molecule has 0 amide bonds. The van der Waals surface area contributed by atoms with Gasteiger partial charge in [0, 0.05) is 11.5 Å². The van der Waals surface area contributed by atoms with Crippen LogP contribution in [0.3, 0.4) is 0 Å². The average molecular weight is 206 g/mol. The molecule has 1 aliphatic rings. The van der Waals surface area contributed by atoms with E-state index in [1.807, 2.05) is 6.92 Å². The molecule has 0 radical (unpaired) electrons. The van der Waals surface area contributed by atoms with Gasteiger partial charge in [-0.25, -0.2) is 4.98 Å². The summed E-state index contributed by atoms with van der Waals surface area (Å²) in [6.07, 6.45) is 5.55. The Hall–Kier alpha value is -1.12. The molecule has 0 aliphatic heterocycles. The number of rotatable bonds is 4. The van der Waals surface area contributed by atoms with E-state index in [2.05, 4.69) is 16.9 Å². The number of H-pyrrole nitrogens is 1. The number of hydrogen-bond donors (Lipinski definition) is 1. The normalized spacial score (nSPS) is 15.6. The van der Waals surface area contributed by atoms with Crippen molar-refractivity contribution in [2.24, 2.45) is 0 Å². The fourth-order valence-corrected chi connectivity index (χ4v) is 1.74. The molecule has 15 heavy (non-hydrogen) atoms. The molecule has 0 aromatic carbocycles. The summed E-state index contributed by atoms with van der Waals surface area (Å²) in [4.78, 5) is 19.1. The third-order valence-corrected chi connectivity index (χ3v) is 3.00. The van der Waals surface area contributed by atoms with E-state index < -0.39 is 0 Å². The first-order valence-electron chi connectivity index (χ1n) is 5.82. The van der Waals surface area contributed by atoms with Gasteiger partial charge in [0.1, 0.15) is 5.82 Å². The Morgan fingerprint density at radius 2 is 2.20 bits per heavy atom. The highest BCUT2D eigenvalue weighted by Crippen LogP contribution is 2.37. The van der Waals surface area contributed by atoms with Crippen LogP contribution in [-0.4, -0.2) is 9.97 Å². The van der Waals surface area contributed by atoms with Gasteiger partial charge in [0.15, 0.2) is 0 Å². The van der Waals surface area contributed by atoms with E-state index in [4.69, 9.17) is 0 Å². The molecule has 2 rings (SSSR count). The topological polar surface area (TPSA) is 45.8 Å². The smallest absolute Gasteiger partial charge is 0.254 e. The van der Waals surface area contributed by atoms with Gasteiger partial charge in [-0.1, -0.05) is 13.3 Å². The van der Waals surface area contributed by atoms with Crippen molar-refractivity contribution in [3.8, 4) is 0 Å². The Balaban J connectivity index is 2.29. The molecule has 1 N–H and O–H groups in total. The van der Waals surface area contributed by atoms with Crippen molar-refractivity contribution in [1.29, 1.82) is 0 Å². The number of hydrogen-bond acceptors (Lipinski definition) is 2. The third kappa shape index (κ3) is 2.28. The maximum Gasteiger partial charge on any atom is 0.254 e. The van der Waals surface area contributed by atoms with E-state index in [0.29, 0.717) is 5.92 Å². The van der Waals surface area contributed by atoms with Gasteiger partial charge < -0.3 is 4.98 Å². The average Bonchev–Trinajstić information content (AvgIpc) is 3.03. The van der Waals surface area contributed by atoms with Crippen LogP contribution in [0.1, 0.15) is 55.6 Å². The second kappa shape index (κ2) is 4.17. The van der Waals surface area contributed by atoms with Crippen molar-refractivity contribution in [2.75, 3.05) is 0 Å². The predicted molar refractivity (Wildman–Crippen MR) is 60.2 cm³/mol. The first-order chi connectivity index (χ1) is 7.22. The Morgan fingerprint density at radius 3 is 2.80 bits per heavy atom. The molecule has 1 aromatic heterocycles. The Morgan fingerprint density at radius 1 is 1.47 bits per heavy atom. The molecule has 82 valence electrons. The minimum absolute atomic E-state index is 0.0537. The van der Waals surface area contributed by atoms with E-state index in [0.717, 1.165) is 36.3 Å². The van der Waals surface area contributed by atoms with Crippen molar-refractivity contribution in [3.05, 3.63) is 27.4 Å². The minimum Gasteiger partial charge on any atom is -0.310 e. The Kier molecular flexibility index (Phi) is 2.89. The molecule has 1 saturated carbocycles. The van der Waals surface area contributed by atoms with Crippen LogP contribution >= 0.6 is 0 Å². The number of unbranched alkanes of at least 4 members (excludes halogenated alkanes) is 1. The quantitative estimate of drug-likeness (QED) is 0.821. The summed E-state index contributed by atoms with van der Waals surface area (Å²) in [7, 11) is 0. The monoisotopic (exact) mass is 206 g/mol. The van der Waals surface area contributed by atoms with Gasteiger partial charge in [0.25, 0.3) is 5.56 Å². The summed E-state index contributed by atoms with van der Waals surface area (Å²) in [6.45, 7) is 4.03. The fourth-order valence-electron chi connectivity index (χ4n) is 1.74. The molecule has 0 atom stereocenters. The number of aromatic nitrogens is 2. The first-order valence-corrected chi connectivity index (χ1v) is 5.82. The van der Waals surface area contributed by atoms with Crippen molar-refractivity contribution >= 4 is 0 Å². The Bertz CT molecular complexity index is 405. The third-order valence-electron chi connectivity index (χ3n) is 3.00. The van der Waals surface area contributed by atoms with Gasteiger partial charge in [-0.05, 0) is 32.6 Å². The van der Waals surface area contributed by atoms with E-state index in [9.17, 15) is 4.79 Å². The molecular weight excluding hydrogens is 188 g/mol. The molecule has 1 heterocycles. The summed E-state index contributed by atoms with van der Waals surface area (Å²) in [5, 5.41) is 0. The van der Waals surface area contributed by atoms with Crippen molar-refractivity contribution in [2.45, 2.75) is 51.9 Å². The molecule has 0 spiro atoms. The summed E-state index contributed by atoms with van der Waals surface area (Å²) >= 11 is 0. The lowest BCUT2D eigenvalue weighted by molar-refractivity contribution is 0.747. The van der Waals surface area contributed by atoms with Crippen LogP contribution in [0, 0.1) is 6.92 Å². The standard InChI is InChI=1S/C12H18N2O/c1-3-4-5-10-8(2)12(15)14-11(13-10)9-6-7-9/h9H,3-7H2,1-2H3,(H,13,14,15). The first kappa shape index (κ1) is 10.4. The van der Waals surface area contributed by atoms with Gasteiger partial charge in [-0.15, -0.1) is 0 Å². The number of aromatic amines is 1. The SMILES string of the molecule is CCCCc1nc(C2CC2)[nH]c(=O)c1C. The second-order valence-electron chi connectivity index (χ2n) is 4.40. The fraction of sp³-hybridized carbons (Fsp3) is 0.667. The highest BCUT2D eigenvalue weighted by Gasteiger charge is 2.26. The van der Waals surface area contributed by atoms with Crippen LogP contribution in [0.4, 0.5) is 0 Å². The van der Waals surface area contributed by atoms with Crippen molar-refractivity contribution in [3.63, 3.8) is 0 Å². The minimum atomic E-state index is 0.0537. The molecular formula is C12H18N2O. The summed E-state index contributed by atoms with van der Waals surface area (Å²) in [5.41, 5.74) is 1.85. The van der Waals surface area contributed by atoms with E-state index >= 15 is 0 Å². The highest BCUT2D eigenvalue weighted by molar-refractivity contribution is 5.19. The summed E-state index contributed by atoms with van der Waals surface area (Å²) in [6, 6.07) is 0. The summed E-state index contributed by atoms with van der Waals surface area (Å²) < 4.78 is 0. The van der Waals surface area contributed by atoms with Gasteiger partial charge >= 0.3 is 0 Å². The molecule has 3 heteroatoms. The van der Waals surface area contributed by atoms with Crippen LogP contribution in [0.15, 0.2) is 4.79 Å². The molecule has 1 aliphatic carbocycles. The highest BCUT2D eigenvalue weighted by atomic mass is 16.1. The molecule has 1 fully saturated rings. The van der Waals surface area contributed by atoms with E-state index in [-0.39, 0.29) is 5.56 Å². The maximum absolute atomic E-state index is 11.7. The number of aryl methyl sites for hydroxylation is 1.